The molecular formula is C23H21BrN4O2S. The molecule has 2 aliphatic rings. The number of methoxy groups -OCH3 is 1. The van der Waals surface area contributed by atoms with Gasteiger partial charge in [0, 0.05) is 18.7 Å². The van der Waals surface area contributed by atoms with Crippen molar-refractivity contribution in [2.45, 2.75) is 38.3 Å². The summed E-state index contributed by atoms with van der Waals surface area (Å²) in [6.07, 6.45) is 2.30. The van der Waals surface area contributed by atoms with Crippen LogP contribution in [-0.2, 0) is 13.0 Å². The fourth-order valence-corrected chi connectivity index (χ4v) is 5.85. The van der Waals surface area contributed by atoms with E-state index in [1.165, 1.54) is 5.56 Å². The summed E-state index contributed by atoms with van der Waals surface area (Å²) in [6, 6.07) is 10.5. The zero-order valence-electron chi connectivity index (χ0n) is 17.3. The monoisotopic (exact) mass is 496 g/mol. The third kappa shape index (κ3) is 3.10. The quantitative estimate of drug-likeness (QED) is 0.504. The van der Waals surface area contributed by atoms with Crippen LogP contribution in [0.1, 0.15) is 35.9 Å². The summed E-state index contributed by atoms with van der Waals surface area (Å²) in [5.41, 5.74) is 3.21. The molecule has 0 radical (unpaired) electrons. The fourth-order valence-electron chi connectivity index (χ4n) is 4.63. The van der Waals surface area contributed by atoms with E-state index in [9.17, 15) is 10.1 Å². The third-order valence-electron chi connectivity index (χ3n) is 6.28. The number of amides is 1. The van der Waals surface area contributed by atoms with E-state index in [0.29, 0.717) is 25.3 Å². The van der Waals surface area contributed by atoms with Crippen molar-refractivity contribution in [3.05, 3.63) is 45.5 Å². The van der Waals surface area contributed by atoms with Crippen molar-refractivity contribution in [2.24, 2.45) is 0 Å². The highest BCUT2D eigenvalue weighted by atomic mass is 79.9. The molecule has 31 heavy (non-hydrogen) atoms. The van der Waals surface area contributed by atoms with Crippen LogP contribution in [0.3, 0.4) is 0 Å². The Morgan fingerprint density at radius 3 is 2.94 bits per heavy atom. The summed E-state index contributed by atoms with van der Waals surface area (Å²) >= 11 is 5.22. The number of likely N-dealkylation sites (tertiary alicyclic amines) is 1. The van der Waals surface area contributed by atoms with E-state index < -0.39 is 5.54 Å². The minimum absolute atomic E-state index is 0.165. The number of nitriles is 1. The molecule has 4 heterocycles. The van der Waals surface area contributed by atoms with Crippen molar-refractivity contribution in [1.82, 2.24) is 14.5 Å². The maximum Gasteiger partial charge on any atom is 0.291 e. The summed E-state index contributed by atoms with van der Waals surface area (Å²) < 4.78 is 8.39. The second-order valence-corrected chi connectivity index (χ2v) is 9.90. The Morgan fingerprint density at radius 2 is 2.23 bits per heavy atom. The van der Waals surface area contributed by atoms with Crippen LogP contribution >= 0.6 is 27.3 Å². The van der Waals surface area contributed by atoms with Crippen LogP contribution in [0.25, 0.3) is 21.8 Å². The summed E-state index contributed by atoms with van der Waals surface area (Å²) in [6.45, 7) is 3.08. The highest BCUT2D eigenvalue weighted by Gasteiger charge is 2.42. The third-order valence-corrected chi connectivity index (χ3v) is 7.77. The zero-order valence-corrected chi connectivity index (χ0v) is 19.7. The number of rotatable bonds is 3. The van der Waals surface area contributed by atoms with Gasteiger partial charge in [-0.15, -0.1) is 11.3 Å². The molecule has 2 aliphatic heterocycles. The second-order valence-electron chi connectivity index (χ2n) is 8.10. The molecule has 0 spiro atoms. The standard InChI is InChI=1S/C23H21BrN4O2S/c1-23(13-25)7-4-8-28(23)22(29)21-26-19(18-5-3-10-31-18)20-15-12-16(24)17(30-2)11-14(15)6-9-27(20)21/h3,5,10-12H,4,6-9H2,1-2H3/t23-/m1/s1. The van der Waals surface area contributed by atoms with Gasteiger partial charge in [-0.25, -0.2) is 4.98 Å². The van der Waals surface area contributed by atoms with Crippen molar-refractivity contribution in [2.75, 3.05) is 13.7 Å². The Bertz CT molecular complexity index is 1230. The lowest BCUT2D eigenvalue weighted by Gasteiger charge is -2.29. The number of hydrogen-bond acceptors (Lipinski definition) is 5. The van der Waals surface area contributed by atoms with Crippen LogP contribution in [0, 0.1) is 11.3 Å². The van der Waals surface area contributed by atoms with Gasteiger partial charge in [-0.1, -0.05) is 6.07 Å². The molecule has 5 rings (SSSR count). The summed E-state index contributed by atoms with van der Waals surface area (Å²) in [5.74, 6) is 1.04. The van der Waals surface area contributed by atoms with Crippen molar-refractivity contribution >= 4 is 33.2 Å². The van der Waals surface area contributed by atoms with Gasteiger partial charge >= 0.3 is 0 Å². The van der Waals surface area contributed by atoms with E-state index in [4.69, 9.17) is 9.72 Å². The van der Waals surface area contributed by atoms with Crippen LogP contribution in [0.5, 0.6) is 5.75 Å². The van der Waals surface area contributed by atoms with Gasteiger partial charge in [0.15, 0.2) is 5.82 Å². The lowest BCUT2D eigenvalue weighted by molar-refractivity contribution is 0.0675. The Balaban J connectivity index is 1.71. The molecule has 0 bridgehead atoms. The molecule has 0 N–H and O–H groups in total. The van der Waals surface area contributed by atoms with Crippen molar-refractivity contribution in [1.29, 1.82) is 5.26 Å². The Hall–Kier alpha value is -2.63. The average molecular weight is 497 g/mol. The molecule has 1 aromatic carbocycles. The first-order chi connectivity index (χ1) is 15.0. The molecule has 1 fully saturated rings. The number of imidazole rings is 1. The molecule has 3 aromatic rings. The number of halogens is 1. The van der Waals surface area contributed by atoms with Gasteiger partial charge in [0.25, 0.3) is 5.91 Å². The van der Waals surface area contributed by atoms with E-state index in [-0.39, 0.29) is 5.91 Å². The fraction of sp³-hybridized carbons (Fsp3) is 0.348. The van der Waals surface area contributed by atoms with Crippen molar-refractivity contribution in [3.63, 3.8) is 0 Å². The molecule has 8 heteroatoms. The van der Waals surface area contributed by atoms with E-state index >= 15 is 0 Å². The first kappa shape index (κ1) is 20.3. The molecule has 0 unspecified atom stereocenters. The van der Waals surface area contributed by atoms with Gasteiger partial charge < -0.3 is 14.2 Å². The van der Waals surface area contributed by atoms with Gasteiger partial charge in [-0.05, 0) is 71.3 Å². The number of nitrogens with zero attached hydrogens (tertiary/aromatic N) is 4. The molecule has 158 valence electrons. The van der Waals surface area contributed by atoms with Crippen LogP contribution in [0.15, 0.2) is 34.1 Å². The lowest BCUT2D eigenvalue weighted by atomic mass is 9.96. The lowest BCUT2D eigenvalue weighted by Crippen LogP contribution is -2.45. The number of fused-ring (bicyclic) bond motifs is 3. The summed E-state index contributed by atoms with van der Waals surface area (Å²) in [7, 11) is 1.66. The van der Waals surface area contributed by atoms with Gasteiger partial charge in [0.05, 0.1) is 28.2 Å². The minimum atomic E-state index is -0.782. The highest BCUT2D eigenvalue weighted by Crippen LogP contribution is 2.43. The number of benzene rings is 1. The Morgan fingerprint density at radius 1 is 1.39 bits per heavy atom. The molecule has 1 saturated heterocycles. The SMILES string of the molecule is COc1cc2c(cc1Br)-c1c(-c3cccs3)nc(C(=O)N3CCC[C@]3(C)C#N)n1CC2. The van der Waals surface area contributed by atoms with Gasteiger partial charge in [0.1, 0.15) is 17.0 Å². The van der Waals surface area contributed by atoms with Gasteiger partial charge in [-0.2, -0.15) is 5.26 Å². The van der Waals surface area contributed by atoms with Crippen molar-refractivity contribution < 1.29 is 9.53 Å². The second kappa shape index (κ2) is 7.50. The molecular weight excluding hydrogens is 476 g/mol. The van der Waals surface area contributed by atoms with Crippen LogP contribution < -0.4 is 4.74 Å². The largest absolute Gasteiger partial charge is 0.496 e. The van der Waals surface area contributed by atoms with Crippen LogP contribution in [-0.4, -0.2) is 39.6 Å². The zero-order chi connectivity index (χ0) is 21.8. The number of aryl methyl sites for hydroxylation is 1. The topological polar surface area (TPSA) is 71.2 Å². The highest BCUT2D eigenvalue weighted by molar-refractivity contribution is 9.10. The van der Waals surface area contributed by atoms with Gasteiger partial charge in [-0.3, -0.25) is 4.79 Å². The summed E-state index contributed by atoms with van der Waals surface area (Å²) in [5, 5.41) is 11.7. The first-order valence-corrected chi connectivity index (χ1v) is 11.9. The predicted octanol–water partition coefficient (Wildman–Crippen LogP) is 5.12. The normalized spacial score (nSPS) is 19.6. The molecule has 6 nitrogen and oxygen atoms in total. The smallest absolute Gasteiger partial charge is 0.291 e. The van der Waals surface area contributed by atoms with Crippen LogP contribution in [0.2, 0.25) is 0 Å². The maximum atomic E-state index is 13.6. The maximum absolute atomic E-state index is 13.6. The molecule has 1 amide bonds. The van der Waals surface area contributed by atoms with E-state index in [1.807, 2.05) is 29.0 Å². The Kier molecular flexibility index (Phi) is 4.91. The predicted molar refractivity (Wildman–Crippen MR) is 123 cm³/mol. The van der Waals surface area contributed by atoms with Crippen LogP contribution in [0.4, 0.5) is 0 Å². The summed E-state index contributed by atoms with van der Waals surface area (Å²) in [4.78, 5) is 21.2. The molecule has 1 atom stereocenters. The molecule has 2 aromatic heterocycles. The van der Waals surface area contributed by atoms with E-state index in [1.54, 1.807) is 23.3 Å². The number of hydrogen-bond donors (Lipinski definition) is 0. The Labute approximate surface area is 193 Å². The van der Waals surface area contributed by atoms with Crippen molar-refractivity contribution in [3.8, 4) is 33.6 Å². The van der Waals surface area contributed by atoms with Gasteiger partial charge in [0.2, 0.25) is 0 Å². The number of ether oxygens (including phenoxy) is 1. The molecule has 0 aliphatic carbocycles. The number of carbonyl (C=O) groups excluding carboxylic acids is 1. The first-order valence-electron chi connectivity index (χ1n) is 10.2. The van der Waals surface area contributed by atoms with E-state index in [2.05, 4.69) is 34.1 Å². The number of carbonyl (C=O) groups is 1. The molecule has 0 saturated carbocycles. The minimum Gasteiger partial charge on any atom is -0.496 e. The van der Waals surface area contributed by atoms with E-state index in [0.717, 1.165) is 44.9 Å². The number of thiophene rings is 1. The average Bonchev–Trinajstić information content (AvgIpc) is 3.51. The number of aromatic nitrogens is 2.